The first kappa shape index (κ1) is 12.9. The highest BCUT2D eigenvalue weighted by molar-refractivity contribution is 7.99. The minimum Gasteiger partial charge on any atom is -0.323 e. The number of rotatable bonds is 2. The van der Waals surface area contributed by atoms with E-state index in [0.717, 1.165) is 16.7 Å². The van der Waals surface area contributed by atoms with Gasteiger partial charge in [0.05, 0.1) is 0 Å². The van der Waals surface area contributed by atoms with Crippen LogP contribution in [0.4, 0.5) is 0 Å². The van der Waals surface area contributed by atoms with Gasteiger partial charge in [0.2, 0.25) is 0 Å². The summed E-state index contributed by atoms with van der Waals surface area (Å²) >= 11 is 1.90. The third kappa shape index (κ3) is 2.13. The molecule has 2 heterocycles. The summed E-state index contributed by atoms with van der Waals surface area (Å²) in [6.45, 7) is 0. The zero-order chi connectivity index (χ0) is 14.2. The van der Waals surface area contributed by atoms with E-state index in [-0.39, 0.29) is 6.04 Å². The molecule has 0 radical (unpaired) electrons. The maximum atomic E-state index is 6.63. The molecule has 0 bridgehead atoms. The molecule has 1 aromatic heterocycles. The first-order chi connectivity index (χ1) is 10.3. The second-order valence-corrected chi connectivity index (χ2v) is 6.49. The molecule has 1 aliphatic heterocycles. The van der Waals surface area contributed by atoms with Gasteiger partial charge < -0.3 is 5.73 Å². The lowest BCUT2D eigenvalue weighted by atomic mass is 9.88. The van der Waals surface area contributed by atoms with Crippen LogP contribution in [0.5, 0.6) is 0 Å². The predicted octanol–water partition coefficient (Wildman–Crippen LogP) is 4.12. The van der Waals surface area contributed by atoms with Crippen LogP contribution in [-0.2, 0) is 0 Å². The van der Waals surface area contributed by atoms with E-state index in [0.29, 0.717) is 5.92 Å². The zero-order valence-corrected chi connectivity index (χ0v) is 12.4. The van der Waals surface area contributed by atoms with Crippen molar-refractivity contribution in [2.45, 2.75) is 16.9 Å². The molecule has 3 heteroatoms. The van der Waals surface area contributed by atoms with Crippen molar-refractivity contribution >= 4 is 22.5 Å². The largest absolute Gasteiger partial charge is 0.323 e. The second kappa shape index (κ2) is 5.17. The molecule has 0 fully saturated rings. The highest BCUT2D eigenvalue weighted by Gasteiger charge is 2.29. The Morgan fingerprint density at radius 1 is 1.05 bits per heavy atom. The molecule has 1 aliphatic rings. The lowest BCUT2D eigenvalue weighted by Gasteiger charge is -2.21. The first-order valence-corrected chi connectivity index (χ1v) is 8.13. The van der Waals surface area contributed by atoms with Gasteiger partial charge in [-0.2, -0.15) is 0 Å². The Balaban J connectivity index is 1.80. The molecule has 21 heavy (non-hydrogen) atoms. The van der Waals surface area contributed by atoms with Crippen LogP contribution in [0.1, 0.15) is 23.1 Å². The number of fused-ring (bicyclic) bond motifs is 2. The third-order valence-corrected chi connectivity index (χ3v) is 5.44. The Kier molecular flexibility index (Phi) is 3.17. The van der Waals surface area contributed by atoms with Gasteiger partial charge in [-0.1, -0.05) is 42.5 Å². The van der Waals surface area contributed by atoms with E-state index < -0.39 is 0 Å². The number of benzene rings is 2. The van der Waals surface area contributed by atoms with E-state index in [1.165, 1.54) is 15.8 Å². The van der Waals surface area contributed by atoms with E-state index in [2.05, 4.69) is 47.4 Å². The van der Waals surface area contributed by atoms with E-state index in [4.69, 9.17) is 5.73 Å². The molecule has 3 aromatic rings. The average molecular weight is 292 g/mol. The van der Waals surface area contributed by atoms with Crippen molar-refractivity contribution in [3.63, 3.8) is 0 Å². The number of thioether (sulfide) groups is 1. The van der Waals surface area contributed by atoms with Crippen molar-refractivity contribution in [1.82, 2.24) is 4.98 Å². The summed E-state index contributed by atoms with van der Waals surface area (Å²) in [6.07, 6.45) is 3.83. The highest BCUT2D eigenvalue weighted by atomic mass is 32.2. The molecular weight excluding hydrogens is 276 g/mol. The Morgan fingerprint density at radius 3 is 2.81 bits per heavy atom. The monoisotopic (exact) mass is 292 g/mol. The van der Waals surface area contributed by atoms with Crippen LogP contribution in [0.15, 0.2) is 65.8 Å². The predicted molar refractivity (Wildman–Crippen MR) is 88.6 cm³/mol. The van der Waals surface area contributed by atoms with E-state index in [1.807, 2.05) is 30.2 Å². The molecule has 0 amide bonds. The van der Waals surface area contributed by atoms with Crippen LogP contribution in [0.25, 0.3) is 10.8 Å². The Labute approximate surface area is 128 Å². The normalized spacial score (nSPS) is 18.6. The van der Waals surface area contributed by atoms with Crippen LogP contribution in [-0.4, -0.2) is 10.7 Å². The summed E-state index contributed by atoms with van der Waals surface area (Å²) in [7, 11) is 0. The Hall–Kier alpha value is -1.84. The third-order valence-electron chi connectivity index (χ3n) is 4.23. The van der Waals surface area contributed by atoms with Crippen molar-refractivity contribution in [3.05, 3.63) is 72.1 Å². The summed E-state index contributed by atoms with van der Waals surface area (Å²) in [4.78, 5) is 5.74. The number of pyridine rings is 1. The van der Waals surface area contributed by atoms with Crippen molar-refractivity contribution in [2.24, 2.45) is 5.73 Å². The van der Waals surface area contributed by atoms with Crippen LogP contribution in [0, 0.1) is 0 Å². The molecule has 0 saturated heterocycles. The van der Waals surface area contributed by atoms with Crippen LogP contribution >= 0.6 is 11.8 Å². The van der Waals surface area contributed by atoms with Gasteiger partial charge in [0.15, 0.2) is 0 Å². The quantitative estimate of drug-likeness (QED) is 0.772. The minimum atomic E-state index is -0.0141. The van der Waals surface area contributed by atoms with Gasteiger partial charge in [0.25, 0.3) is 0 Å². The molecular formula is C18H16N2S. The van der Waals surface area contributed by atoms with Crippen molar-refractivity contribution in [2.75, 3.05) is 5.75 Å². The number of nitrogens with zero attached hydrogens (tertiary/aromatic N) is 1. The summed E-state index contributed by atoms with van der Waals surface area (Å²) in [6, 6.07) is 16.9. The Bertz CT molecular complexity index is 795. The van der Waals surface area contributed by atoms with Crippen molar-refractivity contribution < 1.29 is 0 Å². The fourth-order valence-electron chi connectivity index (χ4n) is 3.11. The molecule has 0 saturated carbocycles. The first-order valence-electron chi connectivity index (χ1n) is 7.14. The highest BCUT2D eigenvalue weighted by Crippen LogP contribution is 2.45. The van der Waals surface area contributed by atoms with Gasteiger partial charge in [0.1, 0.15) is 0 Å². The molecule has 4 rings (SSSR count). The molecule has 0 spiro atoms. The number of hydrogen-bond acceptors (Lipinski definition) is 3. The molecule has 0 aliphatic carbocycles. The fourth-order valence-corrected chi connectivity index (χ4v) is 4.41. The van der Waals surface area contributed by atoms with Gasteiger partial charge in [0, 0.05) is 40.4 Å². The summed E-state index contributed by atoms with van der Waals surface area (Å²) in [5.74, 6) is 1.41. The molecule has 104 valence electrons. The number of nitrogens with two attached hydrogens (primary N) is 1. The van der Waals surface area contributed by atoms with E-state index >= 15 is 0 Å². The smallest absolute Gasteiger partial charge is 0.0394 e. The van der Waals surface area contributed by atoms with Crippen molar-refractivity contribution in [3.8, 4) is 0 Å². The van der Waals surface area contributed by atoms with Crippen LogP contribution < -0.4 is 5.73 Å². The number of hydrogen-bond donors (Lipinski definition) is 1. The van der Waals surface area contributed by atoms with E-state index in [1.54, 1.807) is 0 Å². The van der Waals surface area contributed by atoms with Crippen LogP contribution in [0.3, 0.4) is 0 Å². The standard InChI is InChI=1S/C18H16N2S/c19-18(16-11-21-17-8-4-3-7-14(16)17)15-10-20-9-12-5-1-2-6-13(12)15/h1-10,16,18H,11,19H2. The molecule has 2 unspecified atom stereocenters. The molecule has 2 nitrogen and oxygen atoms in total. The summed E-state index contributed by atoms with van der Waals surface area (Å²) < 4.78 is 0. The lowest BCUT2D eigenvalue weighted by molar-refractivity contribution is 0.609. The maximum absolute atomic E-state index is 6.63. The van der Waals surface area contributed by atoms with Crippen LogP contribution in [0.2, 0.25) is 0 Å². The topological polar surface area (TPSA) is 38.9 Å². The molecule has 2 aromatic carbocycles. The molecule has 2 N–H and O–H groups in total. The Morgan fingerprint density at radius 2 is 1.86 bits per heavy atom. The summed E-state index contributed by atoms with van der Waals surface area (Å²) in [5, 5.41) is 2.37. The van der Waals surface area contributed by atoms with Gasteiger partial charge >= 0.3 is 0 Å². The van der Waals surface area contributed by atoms with Gasteiger partial charge in [-0.15, -0.1) is 11.8 Å². The van der Waals surface area contributed by atoms with E-state index in [9.17, 15) is 0 Å². The lowest BCUT2D eigenvalue weighted by Crippen LogP contribution is -2.20. The van der Waals surface area contributed by atoms with Gasteiger partial charge in [-0.3, -0.25) is 4.98 Å². The second-order valence-electron chi connectivity index (χ2n) is 5.43. The van der Waals surface area contributed by atoms with Gasteiger partial charge in [-0.05, 0) is 22.6 Å². The average Bonchev–Trinajstić information content (AvgIpc) is 2.98. The molecule has 2 atom stereocenters. The zero-order valence-electron chi connectivity index (χ0n) is 11.6. The minimum absolute atomic E-state index is 0.0141. The fraction of sp³-hybridized carbons (Fsp3) is 0.167. The summed E-state index contributed by atoms with van der Waals surface area (Å²) in [5.41, 5.74) is 9.15. The van der Waals surface area contributed by atoms with Crippen molar-refractivity contribution in [1.29, 1.82) is 0 Å². The number of aromatic nitrogens is 1. The SMILES string of the molecule is NC(c1cncc2ccccc12)C1CSc2ccccc21. The maximum Gasteiger partial charge on any atom is 0.0394 e. The van der Waals surface area contributed by atoms with Gasteiger partial charge in [-0.25, -0.2) is 0 Å².